The standard InChI is InChI=1S/C15H23N3O3S/c1-18(22(20,21)13-7-3-2-4-8-13)11-15(19)17-14-9-5-6-12(14)10-16/h2-4,7-8,12,14H,5-6,9-11,16H2,1H3,(H,17,19). The molecule has 6 nitrogen and oxygen atoms in total. The number of nitrogens with two attached hydrogens (primary N) is 1. The molecule has 122 valence electrons. The van der Waals surface area contributed by atoms with Gasteiger partial charge in [-0.05, 0) is 37.4 Å². The summed E-state index contributed by atoms with van der Waals surface area (Å²) in [6.45, 7) is 0.355. The van der Waals surface area contributed by atoms with Crippen molar-refractivity contribution < 1.29 is 13.2 Å². The highest BCUT2D eigenvalue weighted by atomic mass is 32.2. The van der Waals surface area contributed by atoms with Gasteiger partial charge in [0.25, 0.3) is 0 Å². The van der Waals surface area contributed by atoms with Crippen LogP contribution in [0.2, 0.25) is 0 Å². The zero-order valence-electron chi connectivity index (χ0n) is 12.7. The summed E-state index contributed by atoms with van der Waals surface area (Å²) < 4.78 is 25.8. The number of nitrogens with zero attached hydrogens (tertiary/aromatic N) is 1. The average Bonchev–Trinajstić information content (AvgIpc) is 2.95. The molecule has 2 unspecified atom stereocenters. The van der Waals surface area contributed by atoms with Crippen molar-refractivity contribution in [1.82, 2.24) is 9.62 Å². The summed E-state index contributed by atoms with van der Waals surface area (Å²) in [5.41, 5.74) is 5.69. The molecule has 1 amide bonds. The van der Waals surface area contributed by atoms with Crippen molar-refractivity contribution >= 4 is 15.9 Å². The number of sulfonamides is 1. The Bertz CT molecular complexity index is 604. The van der Waals surface area contributed by atoms with Gasteiger partial charge < -0.3 is 11.1 Å². The maximum Gasteiger partial charge on any atom is 0.243 e. The Balaban J connectivity index is 1.96. The smallest absolute Gasteiger partial charge is 0.243 e. The normalized spacial score (nSPS) is 22.0. The van der Waals surface area contributed by atoms with E-state index in [9.17, 15) is 13.2 Å². The summed E-state index contributed by atoms with van der Waals surface area (Å²) in [4.78, 5) is 12.3. The Hall–Kier alpha value is -1.44. The molecule has 0 aliphatic heterocycles. The van der Waals surface area contributed by atoms with E-state index in [0.717, 1.165) is 23.6 Å². The number of carbonyl (C=O) groups is 1. The summed E-state index contributed by atoms with van der Waals surface area (Å²) in [7, 11) is -2.23. The molecule has 1 aromatic carbocycles. The monoisotopic (exact) mass is 325 g/mol. The van der Waals surface area contributed by atoms with Crippen LogP contribution in [0.3, 0.4) is 0 Å². The largest absolute Gasteiger partial charge is 0.352 e. The lowest BCUT2D eigenvalue weighted by molar-refractivity contribution is -0.122. The molecule has 0 radical (unpaired) electrons. The number of benzene rings is 1. The van der Waals surface area contributed by atoms with Crippen LogP contribution in [-0.4, -0.2) is 44.8 Å². The number of nitrogens with one attached hydrogen (secondary N) is 1. The first-order chi connectivity index (χ1) is 10.4. The Morgan fingerprint density at radius 1 is 1.32 bits per heavy atom. The number of carbonyl (C=O) groups excluding carboxylic acids is 1. The van der Waals surface area contributed by atoms with Gasteiger partial charge in [0.2, 0.25) is 15.9 Å². The zero-order chi connectivity index (χ0) is 16.2. The minimum atomic E-state index is -3.64. The first-order valence-corrected chi connectivity index (χ1v) is 8.90. The van der Waals surface area contributed by atoms with E-state index in [4.69, 9.17) is 5.73 Å². The lowest BCUT2D eigenvalue weighted by Gasteiger charge is -2.22. The molecule has 1 saturated carbocycles. The van der Waals surface area contributed by atoms with Gasteiger partial charge in [-0.3, -0.25) is 4.79 Å². The van der Waals surface area contributed by atoms with Crippen molar-refractivity contribution in [3.05, 3.63) is 30.3 Å². The van der Waals surface area contributed by atoms with Crippen LogP contribution < -0.4 is 11.1 Å². The molecule has 0 saturated heterocycles. The number of likely N-dealkylation sites (N-methyl/N-ethyl adjacent to an activating group) is 1. The van der Waals surface area contributed by atoms with Gasteiger partial charge >= 0.3 is 0 Å². The molecular weight excluding hydrogens is 302 g/mol. The topological polar surface area (TPSA) is 92.5 Å². The minimum absolute atomic E-state index is 0.0605. The summed E-state index contributed by atoms with van der Waals surface area (Å²) in [5, 5.41) is 2.91. The van der Waals surface area contributed by atoms with E-state index in [1.807, 2.05) is 0 Å². The molecule has 1 fully saturated rings. The SMILES string of the molecule is CN(CC(=O)NC1CCCC1CN)S(=O)(=O)c1ccccc1. The van der Waals surface area contributed by atoms with Gasteiger partial charge in [-0.2, -0.15) is 4.31 Å². The predicted octanol–water partition coefficient (Wildman–Crippen LogP) is 0.551. The van der Waals surface area contributed by atoms with E-state index in [-0.39, 0.29) is 23.4 Å². The minimum Gasteiger partial charge on any atom is -0.352 e. The van der Waals surface area contributed by atoms with E-state index >= 15 is 0 Å². The molecule has 0 aromatic heterocycles. The maximum atomic E-state index is 12.4. The van der Waals surface area contributed by atoms with Gasteiger partial charge in [-0.25, -0.2) is 8.42 Å². The second-order valence-corrected chi connectivity index (χ2v) is 7.72. The third-order valence-electron chi connectivity index (χ3n) is 4.13. The van der Waals surface area contributed by atoms with Gasteiger partial charge in [0.1, 0.15) is 0 Å². The van der Waals surface area contributed by atoms with Crippen molar-refractivity contribution in [2.24, 2.45) is 11.7 Å². The summed E-state index contributed by atoms with van der Waals surface area (Å²) in [6.07, 6.45) is 2.97. The van der Waals surface area contributed by atoms with Crippen LogP contribution >= 0.6 is 0 Å². The summed E-state index contributed by atoms with van der Waals surface area (Å²) >= 11 is 0. The molecule has 0 bridgehead atoms. The molecule has 7 heteroatoms. The zero-order valence-corrected chi connectivity index (χ0v) is 13.6. The molecule has 1 aliphatic carbocycles. The highest BCUT2D eigenvalue weighted by Crippen LogP contribution is 2.24. The van der Waals surface area contributed by atoms with Gasteiger partial charge in [-0.1, -0.05) is 24.6 Å². The molecule has 0 spiro atoms. The summed E-state index contributed by atoms with van der Waals surface area (Å²) in [5.74, 6) is 0.00680. The molecule has 3 N–H and O–H groups in total. The van der Waals surface area contributed by atoms with Crippen molar-refractivity contribution in [2.45, 2.75) is 30.2 Å². The first-order valence-electron chi connectivity index (χ1n) is 7.46. The van der Waals surface area contributed by atoms with E-state index in [2.05, 4.69) is 5.32 Å². The fourth-order valence-corrected chi connectivity index (χ4v) is 3.97. The highest BCUT2D eigenvalue weighted by Gasteiger charge is 2.29. The van der Waals surface area contributed by atoms with E-state index in [1.165, 1.54) is 19.2 Å². The number of amides is 1. The summed E-state index contributed by atoms with van der Waals surface area (Å²) in [6, 6.07) is 8.16. The van der Waals surface area contributed by atoms with E-state index < -0.39 is 10.0 Å². The third-order valence-corrected chi connectivity index (χ3v) is 5.94. The molecule has 22 heavy (non-hydrogen) atoms. The van der Waals surface area contributed by atoms with E-state index in [0.29, 0.717) is 12.5 Å². The van der Waals surface area contributed by atoms with Gasteiger partial charge in [0, 0.05) is 13.1 Å². The Kier molecular flexibility index (Phi) is 5.55. The lowest BCUT2D eigenvalue weighted by Crippen LogP contribution is -2.45. The number of hydrogen-bond donors (Lipinski definition) is 2. The number of rotatable bonds is 6. The quantitative estimate of drug-likeness (QED) is 0.799. The third kappa shape index (κ3) is 3.85. The highest BCUT2D eigenvalue weighted by molar-refractivity contribution is 7.89. The van der Waals surface area contributed by atoms with Crippen molar-refractivity contribution in [1.29, 1.82) is 0 Å². The number of hydrogen-bond acceptors (Lipinski definition) is 4. The van der Waals surface area contributed by atoms with Crippen LogP contribution in [0.4, 0.5) is 0 Å². The van der Waals surface area contributed by atoms with Crippen LogP contribution in [0.5, 0.6) is 0 Å². The second kappa shape index (κ2) is 7.21. The van der Waals surface area contributed by atoms with Gasteiger partial charge in [0.15, 0.2) is 0 Å². The lowest BCUT2D eigenvalue weighted by atomic mass is 10.0. The average molecular weight is 325 g/mol. The van der Waals surface area contributed by atoms with Crippen LogP contribution in [-0.2, 0) is 14.8 Å². The first kappa shape index (κ1) is 16.9. The Morgan fingerprint density at radius 2 is 2.00 bits per heavy atom. The molecule has 1 aliphatic rings. The predicted molar refractivity (Wildman–Crippen MR) is 84.6 cm³/mol. The molecule has 0 heterocycles. The fourth-order valence-electron chi connectivity index (χ4n) is 2.82. The van der Waals surface area contributed by atoms with Crippen LogP contribution in [0.1, 0.15) is 19.3 Å². The second-order valence-electron chi connectivity index (χ2n) is 5.67. The van der Waals surface area contributed by atoms with E-state index in [1.54, 1.807) is 18.2 Å². The fraction of sp³-hybridized carbons (Fsp3) is 0.533. The molecular formula is C15H23N3O3S. The van der Waals surface area contributed by atoms with Crippen molar-refractivity contribution in [2.75, 3.05) is 20.1 Å². The van der Waals surface area contributed by atoms with Crippen molar-refractivity contribution in [3.63, 3.8) is 0 Å². The Labute approximate surface area is 131 Å². The Morgan fingerprint density at radius 3 is 2.64 bits per heavy atom. The molecule has 2 atom stereocenters. The van der Waals surface area contributed by atoms with Crippen LogP contribution in [0.25, 0.3) is 0 Å². The van der Waals surface area contributed by atoms with Crippen LogP contribution in [0, 0.1) is 5.92 Å². The maximum absolute atomic E-state index is 12.4. The van der Waals surface area contributed by atoms with Crippen molar-refractivity contribution in [3.8, 4) is 0 Å². The van der Waals surface area contributed by atoms with Crippen LogP contribution in [0.15, 0.2) is 35.2 Å². The van der Waals surface area contributed by atoms with Gasteiger partial charge in [0.05, 0.1) is 11.4 Å². The molecule has 2 rings (SSSR count). The van der Waals surface area contributed by atoms with Gasteiger partial charge in [-0.15, -0.1) is 0 Å². The molecule has 1 aromatic rings.